The molecule has 2 rings (SSSR count). The van der Waals surface area contributed by atoms with Crippen molar-refractivity contribution in [3.05, 3.63) is 0 Å². The zero-order valence-corrected chi connectivity index (χ0v) is 11.6. The fourth-order valence-electron chi connectivity index (χ4n) is 3.33. The summed E-state index contributed by atoms with van der Waals surface area (Å²) < 4.78 is 5.71. The average molecular weight is 239 g/mol. The summed E-state index contributed by atoms with van der Waals surface area (Å²) in [6.45, 7) is 5.74. The molecule has 2 atom stereocenters. The molecule has 2 nitrogen and oxygen atoms in total. The Labute approximate surface area is 106 Å². The van der Waals surface area contributed by atoms with E-state index in [-0.39, 0.29) is 5.54 Å². The topological polar surface area (TPSA) is 35.2 Å². The van der Waals surface area contributed by atoms with Gasteiger partial charge in [0.2, 0.25) is 0 Å². The van der Waals surface area contributed by atoms with Gasteiger partial charge in [-0.2, -0.15) is 0 Å². The molecule has 1 aliphatic carbocycles. The van der Waals surface area contributed by atoms with Gasteiger partial charge in [0.05, 0.1) is 6.10 Å². The summed E-state index contributed by atoms with van der Waals surface area (Å²) in [4.78, 5) is 0. The Morgan fingerprint density at radius 2 is 1.94 bits per heavy atom. The van der Waals surface area contributed by atoms with Gasteiger partial charge in [-0.05, 0) is 56.8 Å². The van der Waals surface area contributed by atoms with E-state index in [4.69, 9.17) is 10.5 Å². The number of ether oxygens (including phenoxy) is 1. The van der Waals surface area contributed by atoms with E-state index in [9.17, 15) is 0 Å². The van der Waals surface area contributed by atoms with Crippen LogP contribution in [0.25, 0.3) is 0 Å². The Morgan fingerprint density at radius 1 is 1.12 bits per heavy atom. The van der Waals surface area contributed by atoms with Crippen LogP contribution < -0.4 is 5.73 Å². The molecule has 2 aliphatic rings. The van der Waals surface area contributed by atoms with E-state index in [2.05, 4.69) is 13.8 Å². The van der Waals surface area contributed by atoms with Crippen LogP contribution in [0.3, 0.4) is 0 Å². The van der Waals surface area contributed by atoms with E-state index in [1.54, 1.807) is 0 Å². The van der Waals surface area contributed by atoms with Gasteiger partial charge in [-0.25, -0.2) is 0 Å². The number of rotatable bonds is 3. The molecule has 0 bridgehead atoms. The van der Waals surface area contributed by atoms with Gasteiger partial charge in [0.1, 0.15) is 0 Å². The SMILES string of the molecule is CC1(C)CCCC(N)(CCC2CCCO2)CC1. The summed E-state index contributed by atoms with van der Waals surface area (Å²) in [6.07, 6.45) is 11.7. The number of hydrogen-bond acceptors (Lipinski definition) is 2. The van der Waals surface area contributed by atoms with Gasteiger partial charge < -0.3 is 10.5 Å². The third-order valence-electron chi connectivity index (χ3n) is 4.82. The maximum absolute atomic E-state index is 6.60. The Kier molecular flexibility index (Phi) is 4.14. The van der Waals surface area contributed by atoms with Gasteiger partial charge in [-0.15, -0.1) is 0 Å². The van der Waals surface area contributed by atoms with Crippen molar-refractivity contribution in [1.82, 2.24) is 0 Å². The van der Waals surface area contributed by atoms with Crippen LogP contribution >= 0.6 is 0 Å². The molecule has 0 aromatic heterocycles. The molecule has 100 valence electrons. The van der Waals surface area contributed by atoms with Crippen molar-refractivity contribution in [2.75, 3.05) is 6.61 Å². The van der Waals surface area contributed by atoms with Crippen LogP contribution in [-0.2, 0) is 4.74 Å². The molecular formula is C15H29NO. The lowest BCUT2D eigenvalue weighted by atomic mass is 9.82. The van der Waals surface area contributed by atoms with E-state index in [0.717, 1.165) is 13.0 Å². The Hall–Kier alpha value is -0.0800. The van der Waals surface area contributed by atoms with Crippen molar-refractivity contribution in [3.63, 3.8) is 0 Å². The molecule has 2 heteroatoms. The fraction of sp³-hybridized carbons (Fsp3) is 1.00. The van der Waals surface area contributed by atoms with Crippen molar-refractivity contribution in [3.8, 4) is 0 Å². The van der Waals surface area contributed by atoms with E-state index in [1.807, 2.05) is 0 Å². The molecule has 0 aromatic carbocycles. The lowest BCUT2D eigenvalue weighted by Crippen LogP contribution is -2.40. The highest BCUT2D eigenvalue weighted by Gasteiger charge is 2.33. The first-order chi connectivity index (χ1) is 7.99. The van der Waals surface area contributed by atoms with Gasteiger partial charge in [-0.3, -0.25) is 0 Å². The van der Waals surface area contributed by atoms with E-state index in [0.29, 0.717) is 11.5 Å². The van der Waals surface area contributed by atoms with Crippen molar-refractivity contribution in [2.24, 2.45) is 11.1 Å². The normalized spacial score (nSPS) is 37.9. The minimum Gasteiger partial charge on any atom is -0.378 e. The summed E-state index contributed by atoms with van der Waals surface area (Å²) in [5.74, 6) is 0. The van der Waals surface area contributed by atoms with E-state index < -0.39 is 0 Å². The predicted molar refractivity (Wildman–Crippen MR) is 72.0 cm³/mol. The minimum absolute atomic E-state index is 0.0969. The number of nitrogens with two attached hydrogens (primary N) is 1. The molecule has 1 saturated carbocycles. The molecule has 1 heterocycles. The van der Waals surface area contributed by atoms with Crippen molar-refractivity contribution < 1.29 is 4.74 Å². The molecule has 2 fully saturated rings. The highest BCUT2D eigenvalue weighted by atomic mass is 16.5. The first-order valence-corrected chi connectivity index (χ1v) is 7.40. The molecule has 2 unspecified atom stereocenters. The van der Waals surface area contributed by atoms with E-state index in [1.165, 1.54) is 51.4 Å². The van der Waals surface area contributed by atoms with Gasteiger partial charge >= 0.3 is 0 Å². The van der Waals surface area contributed by atoms with Crippen LogP contribution in [0.1, 0.15) is 71.6 Å². The summed E-state index contributed by atoms with van der Waals surface area (Å²) in [5, 5.41) is 0. The van der Waals surface area contributed by atoms with Crippen LogP contribution in [0.15, 0.2) is 0 Å². The molecule has 17 heavy (non-hydrogen) atoms. The Bertz CT molecular complexity index is 245. The third-order valence-corrected chi connectivity index (χ3v) is 4.82. The molecule has 0 aromatic rings. The fourth-order valence-corrected chi connectivity index (χ4v) is 3.33. The van der Waals surface area contributed by atoms with Gasteiger partial charge in [-0.1, -0.05) is 20.3 Å². The molecule has 0 amide bonds. The Morgan fingerprint density at radius 3 is 2.65 bits per heavy atom. The first kappa shape index (κ1) is 13.4. The van der Waals surface area contributed by atoms with Crippen LogP contribution in [0.4, 0.5) is 0 Å². The quantitative estimate of drug-likeness (QED) is 0.763. The average Bonchev–Trinajstić information content (AvgIpc) is 2.72. The smallest absolute Gasteiger partial charge is 0.0576 e. The minimum atomic E-state index is 0.0969. The van der Waals surface area contributed by atoms with Crippen LogP contribution in [0.5, 0.6) is 0 Å². The molecular weight excluding hydrogens is 210 g/mol. The van der Waals surface area contributed by atoms with Gasteiger partial charge in [0.25, 0.3) is 0 Å². The summed E-state index contributed by atoms with van der Waals surface area (Å²) in [7, 11) is 0. The largest absolute Gasteiger partial charge is 0.378 e. The van der Waals surface area contributed by atoms with E-state index >= 15 is 0 Å². The maximum atomic E-state index is 6.60. The third kappa shape index (κ3) is 3.96. The van der Waals surface area contributed by atoms with Crippen molar-refractivity contribution in [2.45, 2.75) is 83.3 Å². The monoisotopic (exact) mass is 239 g/mol. The maximum Gasteiger partial charge on any atom is 0.0576 e. The second kappa shape index (κ2) is 5.27. The van der Waals surface area contributed by atoms with Crippen LogP contribution in [-0.4, -0.2) is 18.2 Å². The standard InChI is InChI=1S/C15H29NO/c1-14(2)7-4-8-15(16,11-10-14)9-6-13-5-3-12-17-13/h13H,3-12,16H2,1-2H3. The van der Waals surface area contributed by atoms with Crippen molar-refractivity contribution >= 4 is 0 Å². The molecule has 0 spiro atoms. The molecule has 1 aliphatic heterocycles. The lowest BCUT2D eigenvalue weighted by molar-refractivity contribution is 0.0943. The number of hydrogen-bond donors (Lipinski definition) is 1. The highest BCUT2D eigenvalue weighted by molar-refractivity contribution is 4.90. The van der Waals surface area contributed by atoms with Crippen LogP contribution in [0, 0.1) is 5.41 Å². The summed E-state index contributed by atoms with van der Waals surface area (Å²) in [6, 6.07) is 0. The summed E-state index contributed by atoms with van der Waals surface area (Å²) >= 11 is 0. The highest BCUT2D eigenvalue weighted by Crippen LogP contribution is 2.39. The predicted octanol–water partition coefficient (Wildman–Crippen LogP) is 3.63. The molecule has 0 radical (unpaired) electrons. The van der Waals surface area contributed by atoms with Crippen molar-refractivity contribution in [1.29, 1.82) is 0 Å². The second-order valence-corrected chi connectivity index (χ2v) is 7.05. The zero-order valence-electron chi connectivity index (χ0n) is 11.6. The molecule has 1 saturated heterocycles. The summed E-state index contributed by atoms with van der Waals surface area (Å²) in [5.41, 5.74) is 7.20. The van der Waals surface area contributed by atoms with Gasteiger partial charge in [0.15, 0.2) is 0 Å². The lowest BCUT2D eigenvalue weighted by Gasteiger charge is -2.30. The zero-order chi connectivity index (χ0) is 12.4. The Balaban J connectivity index is 1.81. The second-order valence-electron chi connectivity index (χ2n) is 7.05. The molecule has 2 N–H and O–H groups in total. The van der Waals surface area contributed by atoms with Gasteiger partial charge in [0, 0.05) is 12.1 Å². The van der Waals surface area contributed by atoms with Crippen LogP contribution in [0.2, 0.25) is 0 Å². The first-order valence-electron chi connectivity index (χ1n) is 7.40.